The van der Waals surface area contributed by atoms with Crippen LogP contribution in [0.15, 0.2) is 40.9 Å². The molecule has 29 heavy (non-hydrogen) atoms. The molecular formula is C22H21FN2O4. The van der Waals surface area contributed by atoms with Crippen LogP contribution in [-0.2, 0) is 16.0 Å². The van der Waals surface area contributed by atoms with Crippen LogP contribution in [0.3, 0.4) is 0 Å². The van der Waals surface area contributed by atoms with E-state index in [2.05, 4.69) is 10.1 Å². The number of ether oxygens (including phenoxy) is 1. The molecule has 150 valence electrons. The average Bonchev–Trinajstić information content (AvgIpc) is 3.17. The molecule has 3 rings (SSSR count). The van der Waals surface area contributed by atoms with Gasteiger partial charge in [-0.3, -0.25) is 9.59 Å². The minimum Gasteiger partial charge on any atom is -0.457 e. The molecule has 0 fully saturated rings. The van der Waals surface area contributed by atoms with E-state index in [9.17, 15) is 14.0 Å². The zero-order valence-electron chi connectivity index (χ0n) is 16.5. The molecule has 0 aliphatic heterocycles. The van der Waals surface area contributed by atoms with Crippen LogP contribution in [0.25, 0.3) is 11.4 Å². The fourth-order valence-electron chi connectivity index (χ4n) is 2.84. The Kier molecular flexibility index (Phi) is 6.16. The normalized spacial score (nSPS) is 10.8. The summed E-state index contributed by atoms with van der Waals surface area (Å²) in [7, 11) is 0. The fraction of sp³-hybridized carbons (Fsp3) is 0.273. The van der Waals surface area contributed by atoms with Crippen LogP contribution in [0.4, 0.5) is 4.39 Å². The lowest BCUT2D eigenvalue weighted by Gasteiger charge is -2.09. The number of carbonyl (C=O) groups excluding carboxylic acids is 2. The summed E-state index contributed by atoms with van der Waals surface area (Å²) >= 11 is 0. The minimum absolute atomic E-state index is 0.00421. The van der Waals surface area contributed by atoms with Crippen molar-refractivity contribution in [1.29, 1.82) is 0 Å². The number of Topliss-reactive ketones (excluding diaryl/α,β-unsaturated/α-hetero) is 1. The molecule has 0 saturated heterocycles. The molecule has 0 spiro atoms. The van der Waals surface area contributed by atoms with Crippen molar-refractivity contribution < 1.29 is 23.2 Å². The van der Waals surface area contributed by atoms with Crippen LogP contribution in [0.1, 0.15) is 39.4 Å². The van der Waals surface area contributed by atoms with E-state index in [0.29, 0.717) is 17.0 Å². The topological polar surface area (TPSA) is 82.3 Å². The first-order chi connectivity index (χ1) is 13.8. The molecule has 0 atom stereocenters. The Hall–Kier alpha value is -3.35. The molecule has 3 aromatic rings. The summed E-state index contributed by atoms with van der Waals surface area (Å²) in [6.45, 7) is 5.46. The Morgan fingerprint density at radius 2 is 1.72 bits per heavy atom. The molecule has 0 amide bonds. The second kappa shape index (κ2) is 8.77. The zero-order valence-corrected chi connectivity index (χ0v) is 16.5. The molecule has 0 N–H and O–H groups in total. The Bertz CT molecular complexity index is 1040. The summed E-state index contributed by atoms with van der Waals surface area (Å²) in [5.41, 5.74) is 4.14. The summed E-state index contributed by atoms with van der Waals surface area (Å²) in [5, 5.41) is 3.82. The van der Waals surface area contributed by atoms with Crippen molar-refractivity contribution in [1.82, 2.24) is 10.1 Å². The van der Waals surface area contributed by atoms with E-state index in [-0.39, 0.29) is 36.9 Å². The SMILES string of the molecule is Cc1cc(C)c(C(=O)COC(=O)CCc2nc(-c3ccc(F)cc3)no2)cc1C. The van der Waals surface area contributed by atoms with Gasteiger partial charge in [-0.2, -0.15) is 4.98 Å². The maximum atomic E-state index is 13.0. The van der Waals surface area contributed by atoms with E-state index >= 15 is 0 Å². The molecule has 0 aliphatic rings. The van der Waals surface area contributed by atoms with E-state index in [1.165, 1.54) is 12.1 Å². The quantitative estimate of drug-likeness (QED) is 0.441. The highest BCUT2D eigenvalue weighted by molar-refractivity contribution is 5.99. The lowest BCUT2D eigenvalue weighted by Crippen LogP contribution is -2.15. The molecule has 6 nitrogen and oxygen atoms in total. The highest BCUT2D eigenvalue weighted by atomic mass is 19.1. The van der Waals surface area contributed by atoms with E-state index < -0.39 is 5.97 Å². The first-order valence-corrected chi connectivity index (χ1v) is 9.18. The van der Waals surface area contributed by atoms with Crippen molar-refractivity contribution in [2.24, 2.45) is 0 Å². The van der Waals surface area contributed by atoms with Crippen LogP contribution >= 0.6 is 0 Å². The number of benzene rings is 2. The maximum Gasteiger partial charge on any atom is 0.306 e. The summed E-state index contributed by atoms with van der Waals surface area (Å²) in [6.07, 6.45) is 0.189. The molecule has 2 aromatic carbocycles. The van der Waals surface area contributed by atoms with Gasteiger partial charge in [0.05, 0.1) is 6.42 Å². The molecule has 7 heteroatoms. The van der Waals surface area contributed by atoms with Crippen LogP contribution in [0, 0.1) is 26.6 Å². The zero-order chi connectivity index (χ0) is 21.0. The van der Waals surface area contributed by atoms with Crippen molar-refractivity contribution in [2.75, 3.05) is 6.61 Å². The van der Waals surface area contributed by atoms with E-state index in [1.807, 2.05) is 32.9 Å². The molecule has 0 radical (unpaired) electrons. The van der Waals surface area contributed by atoms with Crippen LogP contribution in [0.2, 0.25) is 0 Å². The fourth-order valence-corrected chi connectivity index (χ4v) is 2.84. The third-order valence-electron chi connectivity index (χ3n) is 4.62. The summed E-state index contributed by atoms with van der Waals surface area (Å²) < 4.78 is 23.2. The van der Waals surface area contributed by atoms with Crippen LogP contribution in [-0.4, -0.2) is 28.5 Å². The third kappa shape index (κ3) is 5.13. The van der Waals surface area contributed by atoms with E-state index in [0.717, 1.165) is 16.7 Å². The van der Waals surface area contributed by atoms with Gasteiger partial charge in [-0.25, -0.2) is 4.39 Å². The maximum absolute atomic E-state index is 13.0. The van der Waals surface area contributed by atoms with Crippen molar-refractivity contribution in [2.45, 2.75) is 33.6 Å². The largest absolute Gasteiger partial charge is 0.457 e. The monoisotopic (exact) mass is 396 g/mol. The Morgan fingerprint density at radius 3 is 2.45 bits per heavy atom. The molecule has 0 aliphatic carbocycles. The molecule has 0 saturated carbocycles. The molecule has 0 unspecified atom stereocenters. The Labute approximate surface area is 167 Å². The van der Waals surface area contributed by atoms with Crippen molar-refractivity contribution in [3.05, 3.63) is 70.4 Å². The second-order valence-electron chi connectivity index (χ2n) is 6.85. The minimum atomic E-state index is -0.527. The molecule has 0 bridgehead atoms. The number of nitrogens with zero attached hydrogens (tertiary/aromatic N) is 2. The van der Waals surface area contributed by atoms with E-state index in [4.69, 9.17) is 9.26 Å². The number of aromatic nitrogens is 2. The van der Waals surface area contributed by atoms with Gasteiger partial charge in [-0.15, -0.1) is 0 Å². The number of carbonyl (C=O) groups is 2. The number of rotatable bonds is 7. The lowest BCUT2D eigenvalue weighted by atomic mass is 9.98. The van der Waals surface area contributed by atoms with Gasteiger partial charge in [-0.1, -0.05) is 11.2 Å². The van der Waals surface area contributed by atoms with Crippen LogP contribution in [0.5, 0.6) is 0 Å². The molecule has 1 aromatic heterocycles. The van der Waals surface area contributed by atoms with Crippen LogP contribution < -0.4 is 0 Å². The number of hydrogen-bond acceptors (Lipinski definition) is 6. The standard InChI is InChI=1S/C22H21FN2O4/c1-13-10-15(3)18(11-14(13)2)19(26)12-28-21(27)9-8-20-24-22(25-29-20)16-4-6-17(23)7-5-16/h4-7,10-11H,8-9,12H2,1-3H3. The van der Waals surface area contributed by atoms with Crippen molar-refractivity contribution in [3.63, 3.8) is 0 Å². The Balaban J connectivity index is 1.51. The highest BCUT2D eigenvalue weighted by Crippen LogP contribution is 2.18. The van der Waals surface area contributed by atoms with Gasteiger partial charge in [-0.05, 0) is 67.8 Å². The molecular weight excluding hydrogens is 375 g/mol. The highest BCUT2D eigenvalue weighted by Gasteiger charge is 2.15. The first-order valence-electron chi connectivity index (χ1n) is 9.18. The van der Waals surface area contributed by atoms with Gasteiger partial charge in [0.25, 0.3) is 0 Å². The lowest BCUT2D eigenvalue weighted by molar-refractivity contribution is -0.142. The van der Waals surface area contributed by atoms with Gasteiger partial charge in [0.1, 0.15) is 5.82 Å². The smallest absolute Gasteiger partial charge is 0.306 e. The predicted octanol–water partition coefficient (Wildman–Crippen LogP) is 4.16. The summed E-state index contributed by atoms with van der Waals surface area (Å²) in [4.78, 5) is 28.5. The van der Waals surface area contributed by atoms with Gasteiger partial charge in [0.2, 0.25) is 17.5 Å². The van der Waals surface area contributed by atoms with Gasteiger partial charge in [0.15, 0.2) is 6.61 Å². The predicted molar refractivity (Wildman–Crippen MR) is 104 cm³/mol. The van der Waals surface area contributed by atoms with Gasteiger partial charge >= 0.3 is 5.97 Å². The number of ketones is 1. The average molecular weight is 396 g/mol. The van der Waals surface area contributed by atoms with Gasteiger partial charge < -0.3 is 9.26 Å². The number of aryl methyl sites for hydroxylation is 4. The summed E-state index contributed by atoms with van der Waals surface area (Å²) in [6, 6.07) is 9.44. The third-order valence-corrected chi connectivity index (χ3v) is 4.62. The summed E-state index contributed by atoms with van der Waals surface area (Å²) in [5.74, 6) is -0.547. The number of esters is 1. The Morgan fingerprint density at radius 1 is 1.03 bits per heavy atom. The van der Waals surface area contributed by atoms with Crippen molar-refractivity contribution in [3.8, 4) is 11.4 Å². The molecule has 1 heterocycles. The van der Waals surface area contributed by atoms with Gasteiger partial charge in [0, 0.05) is 17.5 Å². The first kappa shape index (κ1) is 20.4. The number of halogens is 1. The second-order valence-corrected chi connectivity index (χ2v) is 6.85. The van der Waals surface area contributed by atoms with Crippen molar-refractivity contribution >= 4 is 11.8 Å². The number of hydrogen-bond donors (Lipinski definition) is 0. The van der Waals surface area contributed by atoms with E-state index in [1.54, 1.807) is 12.1 Å².